The fourth-order valence-corrected chi connectivity index (χ4v) is 1.21. The third-order valence-corrected chi connectivity index (χ3v) is 2.39. The minimum absolute atomic E-state index is 0.0414. The number of carbonyl (C=O) groups is 2. The van der Waals surface area contributed by atoms with E-state index in [0.29, 0.717) is 0 Å². The van der Waals surface area contributed by atoms with Crippen molar-refractivity contribution in [2.75, 3.05) is 26.7 Å². The maximum absolute atomic E-state index is 11.1. The molecule has 0 radical (unpaired) electrons. The highest BCUT2D eigenvalue weighted by atomic mass is 31.1. The van der Waals surface area contributed by atoms with Gasteiger partial charge in [0.1, 0.15) is 5.70 Å². The van der Waals surface area contributed by atoms with Crippen LogP contribution in [0.5, 0.6) is 0 Å². The van der Waals surface area contributed by atoms with E-state index in [1.807, 2.05) is 0 Å². The van der Waals surface area contributed by atoms with E-state index in [4.69, 9.17) is 5.11 Å². The molecule has 16 heavy (non-hydrogen) atoms. The molecule has 0 heterocycles. The summed E-state index contributed by atoms with van der Waals surface area (Å²) in [5.74, 6) is -0.785. The standard InChI is InChI=1S/C8H12NO6P/c1-14-7(11)6(9-8(12)15-2)3-4-16(13)5-10/h3,10H,4-5H2,1-2H3/p+1. The highest BCUT2D eigenvalue weighted by Gasteiger charge is 2.17. The largest absolute Gasteiger partial charge is 0.464 e. The number of aliphatic hydroxyl groups is 1. The number of aliphatic hydroxyl groups excluding tert-OH is 1. The summed E-state index contributed by atoms with van der Waals surface area (Å²) in [6.07, 6.45) is -0.160. The zero-order valence-electron chi connectivity index (χ0n) is 8.93. The summed E-state index contributed by atoms with van der Waals surface area (Å²) in [5, 5.41) is 10.6. The molecule has 0 aliphatic heterocycles. The van der Waals surface area contributed by atoms with E-state index in [1.54, 1.807) is 0 Å². The molecule has 0 saturated carbocycles. The van der Waals surface area contributed by atoms with Crippen molar-refractivity contribution >= 4 is 19.9 Å². The van der Waals surface area contributed by atoms with Crippen LogP contribution in [0.1, 0.15) is 0 Å². The van der Waals surface area contributed by atoms with Gasteiger partial charge in [0.05, 0.1) is 14.2 Å². The predicted molar refractivity (Wildman–Crippen MR) is 55.2 cm³/mol. The van der Waals surface area contributed by atoms with Crippen LogP contribution in [0.3, 0.4) is 0 Å². The summed E-state index contributed by atoms with van der Waals surface area (Å²) >= 11 is 0. The van der Waals surface area contributed by atoms with Gasteiger partial charge in [-0.15, -0.1) is 0 Å². The molecule has 1 atom stereocenters. The molecule has 0 fully saturated rings. The number of ether oxygens (including phenoxy) is 2. The second kappa shape index (κ2) is 7.78. The average molecular weight is 250 g/mol. The fraction of sp³-hybridized carbons (Fsp3) is 0.500. The maximum atomic E-state index is 11.1. The van der Waals surface area contributed by atoms with Crippen LogP contribution < -0.4 is 5.32 Å². The number of esters is 1. The normalized spacial score (nSPS) is 11.7. The van der Waals surface area contributed by atoms with Gasteiger partial charge in [-0.05, 0) is 6.08 Å². The van der Waals surface area contributed by atoms with Crippen LogP contribution >= 0.6 is 7.80 Å². The number of hydrogen-bond donors (Lipinski definition) is 2. The Labute approximate surface area is 93.2 Å². The van der Waals surface area contributed by atoms with E-state index in [-0.39, 0.29) is 11.9 Å². The van der Waals surface area contributed by atoms with Crippen molar-refractivity contribution in [1.29, 1.82) is 0 Å². The summed E-state index contributed by atoms with van der Waals surface area (Å²) in [6, 6.07) is 0. The minimum Gasteiger partial charge on any atom is -0.464 e. The Balaban J connectivity index is 4.59. The Hall–Kier alpha value is -1.46. The quantitative estimate of drug-likeness (QED) is 0.410. The predicted octanol–water partition coefficient (Wildman–Crippen LogP) is 0.176. The molecular weight excluding hydrogens is 237 g/mol. The lowest BCUT2D eigenvalue weighted by Gasteiger charge is -2.05. The molecule has 0 aliphatic rings. The van der Waals surface area contributed by atoms with Crippen LogP contribution in [0.15, 0.2) is 11.8 Å². The number of hydrogen-bond acceptors (Lipinski definition) is 6. The van der Waals surface area contributed by atoms with Gasteiger partial charge >= 0.3 is 19.9 Å². The smallest absolute Gasteiger partial charge is 0.411 e. The van der Waals surface area contributed by atoms with Crippen LogP contribution in [0.2, 0.25) is 0 Å². The third-order valence-electron chi connectivity index (χ3n) is 1.48. The van der Waals surface area contributed by atoms with Crippen LogP contribution in [-0.4, -0.2) is 43.9 Å². The lowest BCUT2D eigenvalue weighted by Crippen LogP contribution is -2.28. The molecule has 1 unspecified atom stereocenters. The molecule has 0 aromatic heterocycles. The molecule has 0 rings (SSSR count). The van der Waals surface area contributed by atoms with Gasteiger partial charge < -0.3 is 14.6 Å². The Morgan fingerprint density at radius 1 is 1.38 bits per heavy atom. The Kier molecular flexibility index (Phi) is 7.07. The molecule has 2 N–H and O–H groups in total. The third kappa shape index (κ3) is 5.43. The number of amides is 1. The summed E-state index contributed by atoms with van der Waals surface area (Å²) < 4.78 is 19.6. The van der Waals surface area contributed by atoms with E-state index in [1.165, 1.54) is 6.08 Å². The van der Waals surface area contributed by atoms with Crippen molar-refractivity contribution in [1.82, 2.24) is 5.32 Å². The van der Waals surface area contributed by atoms with E-state index in [9.17, 15) is 14.2 Å². The van der Waals surface area contributed by atoms with E-state index in [2.05, 4.69) is 14.8 Å². The van der Waals surface area contributed by atoms with Crippen molar-refractivity contribution in [2.45, 2.75) is 0 Å². The summed E-state index contributed by atoms with van der Waals surface area (Å²) in [7, 11) is 0.437. The van der Waals surface area contributed by atoms with E-state index in [0.717, 1.165) is 14.2 Å². The SMILES string of the molecule is COC(=O)NC(=CC[P+](=O)CO)C(=O)OC. The minimum atomic E-state index is -1.84. The molecule has 0 saturated heterocycles. The van der Waals surface area contributed by atoms with Gasteiger partial charge in [0.25, 0.3) is 0 Å². The van der Waals surface area contributed by atoms with Crippen molar-refractivity contribution in [3.8, 4) is 0 Å². The summed E-state index contributed by atoms with van der Waals surface area (Å²) in [6.45, 7) is 0. The molecular formula is C8H13NO6P+. The van der Waals surface area contributed by atoms with Crippen LogP contribution in [0.25, 0.3) is 0 Å². The molecule has 7 nitrogen and oxygen atoms in total. The second-order valence-electron chi connectivity index (χ2n) is 2.53. The molecule has 0 bridgehead atoms. The molecule has 0 aliphatic carbocycles. The zero-order chi connectivity index (χ0) is 12.6. The Bertz CT molecular complexity index is 314. The van der Waals surface area contributed by atoms with Crippen LogP contribution in [-0.2, 0) is 18.8 Å². The molecule has 0 aromatic carbocycles. The van der Waals surface area contributed by atoms with Crippen molar-refractivity contribution < 1.29 is 28.7 Å². The topological polar surface area (TPSA) is 102 Å². The first-order valence-electron chi connectivity index (χ1n) is 4.21. The van der Waals surface area contributed by atoms with Gasteiger partial charge in [-0.25, -0.2) is 9.59 Å². The van der Waals surface area contributed by atoms with Crippen molar-refractivity contribution in [2.24, 2.45) is 0 Å². The molecule has 8 heteroatoms. The molecule has 90 valence electrons. The summed E-state index contributed by atoms with van der Waals surface area (Å²) in [5.41, 5.74) is -0.175. The molecule has 0 aromatic rings. The summed E-state index contributed by atoms with van der Waals surface area (Å²) in [4.78, 5) is 22.0. The van der Waals surface area contributed by atoms with E-state index >= 15 is 0 Å². The highest BCUT2D eigenvalue weighted by molar-refractivity contribution is 7.44. The van der Waals surface area contributed by atoms with Crippen molar-refractivity contribution in [3.05, 3.63) is 11.8 Å². The van der Waals surface area contributed by atoms with Gasteiger partial charge in [-0.3, -0.25) is 5.32 Å². The van der Waals surface area contributed by atoms with E-state index < -0.39 is 26.2 Å². The van der Waals surface area contributed by atoms with Gasteiger partial charge in [-0.1, -0.05) is 4.57 Å². The van der Waals surface area contributed by atoms with Gasteiger partial charge in [-0.2, -0.15) is 0 Å². The van der Waals surface area contributed by atoms with Crippen LogP contribution in [0, 0.1) is 0 Å². The number of rotatable bonds is 5. The number of methoxy groups -OCH3 is 2. The van der Waals surface area contributed by atoms with Gasteiger partial charge in [0, 0.05) is 0 Å². The first kappa shape index (κ1) is 14.5. The lowest BCUT2D eigenvalue weighted by atomic mass is 10.4. The monoisotopic (exact) mass is 250 g/mol. The fourth-order valence-electron chi connectivity index (χ4n) is 0.707. The first-order chi connectivity index (χ1) is 7.54. The number of allylic oxidation sites excluding steroid dienone is 1. The molecule has 1 amide bonds. The van der Waals surface area contributed by atoms with Crippen molar-refractivity contribution in [3.63, 3.8) is 0 Å². The Morgan fingerprint density at radius 3 is 2.44 bits per heavy atom. The number of nitrogens with one attached hydrogen (secondary N) is 1. The molecule has 0 spiro atoms. The van der Waals surface area contributed by atoms with Gasteiger partial charge in [0.15, 0.2) is 6.16 Å². The average Bonchev–Trinajstić information content (AvgIpc) is 2.32. The first-order valence-corrected chi connectivity index (χ1v) is 5.84. The van der Waals surface area contributed by atoms with Gasteiger partial charge in [0.2, 0.25) is 6.35 Å². The van der Waals surface area contributed by atoms with Crippen LogP contribution in [0.4, 0.5) is 4.79 Å². The Morgan fingerprint density at radius 2 is 2.00 bits per heavy atom. The number of alkyl carbamates (subject to hydrolysis) is 1. The highest BCUT2D eigenvalue weighted by Crippen LogP contribution is 2.18. The number of carbonyl (C=O) groups excluding carboxylic acids is 2. The lowest BCUT2D eigenvalue weighted by molar-refractivity contribution is -0.136. The zero-order valence-corrected chi connectivity index (χ0v) is 9.82. The maximum Gasteiger partial charge on any atom is 0.411 e. The second-order valence-corrected chi connectivity index (χ2v) is 4.14.